The van der Waals surface area contributed by atoms with Crippen LogP contribution in [-0.2, 0) is 4.79 Å². The Morgan fingerprint density at radius 2 is 1.77 bits per heavy atom. The first-order valence-electron chi connectivity index (χ1n) is 12.0. The van der Waals surface area contributed by atoms with E-state index in [0.29, 0.717) is 11.8 Å². The van der Waals surface area contributed by atoms with Gasteiger partial charge in [-0.3, -0.25) is 14.7 Å². The van der Waals surface area contributed by atoms with Crippen LogP contribution >= 0.6 is 0 Å². The van der Waals surface area contributed by atoms with Crippen LogP contribution in [-0.4, -0.2) is 86.0 Å². The number of amides is 1. The third kappa shape index (κ3) is 5.67. The van der Waals surface area contributed by atoms with E-state index in [1.54, 1.807) is 0 Å². The highest BCUT2D eigenvalue weighted by atomic mass is 16.2. The van der Waals surface area contributed by atoms with E-state index in [1.165, 1.54) is 24.0 Å². The molecular formula is C25H37N5O. The molecule has 1 saturated carbocycles. The van der Waals surface area contributed by atoms with Gasteiger partial charge in [-0.15, -0.1) is 0 Å². The van der Waals surface area contributed by atoms with Gasteiger partial charge in [0.25, 0.3) is 0 Å². The fraction of sp³-hybridized carbons (Fsp3) is 0.600. The second-order valence-electron chi connectivity index (χ2n) is 8.91. The van der Waals surface area contributed by atoms with Crippen LogP contribution in [0.3, 0.4) is 0 Å². The maximum absolute atomic E-state index is 12.6. The van der Waals surface area contributed by atoms with E-state index in [0.717, 1.165) is 77.6 Å². The minimum absolute atomic E-state index is 0.303. The first-order valence-corrected chi connectivity index (χ1v) is 12.0. The van der Waals surface area contributed by atoms with Gasteiger partial charge >= 0.3 is 0 Å². The number of nitrogens with one attached hydrogen (secondary N) is 1. The zero-order chi connectivity index (χ0) is 21.5. The predicted molar refractivity (Wildman–Crippen MR) is 127 cm³/mol. The number of aliphatic imine (C=N–C) groups is 1. The molecule has 1 aromatic rings. The Hall–Kier alpha value is -2.34. The topological polar surface area (TPSA) is 51.2 Å². The van der Waals surface area contributed by atoms with Crippen LogP contribution in [0, 0.1) is 5.92 Å². The number of hydrogen-bond acceptors (Lipinski definition) is 3. The molecule has 31 heavy (non-hydrogen) atoms. The highest BCUT2D eigenvalue weighted by Crippen LogP contribution is 2.27. The van der Waals surface area contributed by atoms with Crippen LogP contribution in [0.2, 0.25) is 0 Å². The Morgan fingerprint density at radius 1 is 1.03 bits per heavy atom. The molecule has 0 unspecified atom stereocenters. The number of benzene rings is 1. The number of carbonyl (C=O) groups excluding carboxylic acids is 1. The smallest absolute Gasteiger partial charge is 0.225 e. The van der Waals surface area contributed by atoms with E-state index < -0.39 is 0 Å². The van der Waals surface area contributed by atoms with Crippen molar-refractivity contribution in [2.75, 3.05) is 59.4 Å². The summed E-state index contributed by atoms with van der Waals surface area (Å²) in [5.74, 6) is 1.69. The maximum Gasteiger partial charge on any atom is 0.225 e. The van der Waals surface area contributed by atoms with E-state index in [9.17, 15) is 4.79 Å². The molecule has 1 aliphatic carbocycles. The Kier molecular flexibility index (Phi) is 7.62. The third-order valence-corrected chi connectivity index (χ3v) is 6.96. The molecule has 0 radical (unpaired) electrons. The molecule has 6 heteroatoms. The Bertz CT molecular complexity index is 776. The number of rotatable bonds is 5. The molecule has 3 aliphatic rings. The summed E-state index contributed by atoms with van der Waals surface area (Å²) >= 11 is 0. The van der Waals surface area contributed by atoms with Crippen molar-refractivity contribution >= 4 is 17.4 Å². The van der Waals surface area contributed by atoms with Crippen LogP contribution in [0.5, 0.6) is 0 Å². The monoisotopic (exact) mass is 423 g/mol. The quantitative estimate of drug-likeness (QED) is 0.584. The van der Waals surface area contributed by atoms with E-state index in [4.69, 9.17) is 0 Å². The third-order valence-electron chi connectivity index (χ3n) is 6.96. The van der Waals surface area contributed by atoms with Crippen molar-refractivity contribution in [2.45, 2.75) is 32.1 Å². The Balaban J connectivity index is 1.17. The van der Waals surface area contributed by atoms with Crippen molar-refractivity contribution in [2.24, 2.45) is 10.9 Å². The average Bonchev–Trinajstić information content (AvgIpc) is 3.38. The van der Waals surface area contributed by atoms with E-state index >= 15 is 0 Å². The lowest BCUT2D eigenvalue weighted by Crippen LogP contribution is -2.52. The minimum atomic E-state index is 0.303. The molecule has 2 heterocycles. The van der Waals surface area contributed by atoms with E-state index in [1.807, 2.05) is 7.05 Å². The summed E-state index contributed by atoms with van der Waals surface area (Å²) in [6.07, 6.45) is 8.02. The summed E-state index contributed by atoms with van der Waals surface area (Å²) in [6.45, 7) is 7.47. The Labute approximate surface area is 187 Å². The lowest BCUT2D eigenvalue weighted by Gasteiger charge is -2.36. The predicted octanol–water partition coefficient (Wildman–Crippen LogP) is 2.69. The summed E-state index contributed by atoms with van der Waals surface area (Å²) in [5.41, 5.74) is 2.76. The van der Waals surface area contributed by atoms with Crippen molar-refractivity contribution in [3.8, 4) is 0 Å². The zero-order valence-electron chi connectivity index (χ0n) is 18.9. The molecule has 0 atom stereocenters. The zero-order valence-corrected chi connectivity index (χ0v) is 18.9. The highest BCUT2D eigenvalue weighted by molar-refractivity contribution is 5.81. The molecule has 2 aliphatic heterocycles. The van der Waals surface area contributed by atoms with Crippen molar-refractivity contribution in [3.63, 3.8) is 0 Å². The van der Waals surface area contributed by atoms with E-state index in [2.05, 4.69) is 61.4 Å². The van der Waals surface area contributed by atoms with Gasteiger partial charge in [-0.05, 0) is 30.4 Å². The first-order chi connectivity index (χ1) is 15.2. The summed E-state index contributed by atoms with van der Waals surface area (Å²) in [7, 11) is 1.87. The highest BCUT2D eigenvalue weighted by Gasteiger charge is 2.29. The van der Waals surface area contributed by atoms with Crippen LogP contribution in [0.15, 0.2) is 41.4 Å². The summed E-state index contributed by atoms with van der Waals surface area (Å²) < 4.78 is 0. The van der Waals surface area contributed by atoms with Gasteiger partial charge in [0, 0.05) is 65.3 Å². The lowest BCUT2D eigenvalue weighted by molar-refractivity contribution is -0.137. The molecule has 1 N–H and O–H groups in total. The van der Waals surface area contributed by atoms with Crippen LogP contribution in [0.4, 0.5) is 0 Å². The fourth-order valence-corrected chi connectivity index (χ4v) is 5.06. The van der Waals surface area contributed by atoms with Gasteiger partial charge in [0.1, 0.15) is 0 Å². The largest absolute Gasteiger partial charge is 0.355 e. The minimum Gasteiger partial charge on any atom is -0.355 e. The summed E-state index contributed by atoms with van der Waals surface area (Å²) in [5, 5.41) is 3.54. The molecule has 0 spiro atoms. The maximum atomic E-state index is 12.6. The molecule has 168 valence electrons. The van der Waals surface area contributed by atoms with Gasteiger partial charge in [-0.1, -0.05) is 49.2 Å². The first kappa shape index (κ1) is 21.9. The second-order valence-corrected chi connectivity index (χ2v) is 8.91. The van der Waals surface area contributed by atoms with Gasteiger partial charge in [0.15, 0.2) is 5.96 Å². The normalized spacial score (nSPS) is 21.3. The Morgan fingerprint density at radius 3 is 2.42 bits per heavy atom. The number of hydrogen-bond donors (Lipinski definition) is 1. The number of piperazine rings is 1. The van der Waals surface area contributed by atoms with Crippen LogP contribution in [0.25, 0.3) is 5.57 Å². The molecule has 0 bridgehead atoms. The summed E-state index contributed by atoms with van der Waals surface area (Å²) in [4.78, 5) is 24.0. The van der Waals surface area contributed by atoms with Crippen LogP contribution in [0.1, 0.15) is 37.7 Å². The fourth-order valence-electron chi connectivity index (χ4n) is 5.06. The van der Waals surface area contributed by atoms with Gasteiger partial charge in [-0.2, -0.15) is 0 Å². The molecule has 1 amide bonds. The van der Waals surface area contributed by atoms with Crippen molar-refractivity contribution in [1.29, 1.82) is 0 Å². The lowest BCUT2D eigenvalue weighted by atomic mass is 10.00. The van der Waals surface area contributed by atoms with Crippen molar-refractivity contribution in [3.05, 3.63) is 42.0 Å². The average molecular weight is 424 g/mol. The molecule has 1 saturated heterocycles. The van der Waals surface area contributed by atoms with Crippen molar-refractivity contribution in [1.82, 2.24) is 20.0 Å². The number of guanidine groups is 1. The molecule has 0 aromatic heterocycles. The standard InChI is InChI=1S/C25H37N5O/c1-26-25(30-14-11-22(12-15-30)21-7-3-2-4-8-21)27-13-16-28-17-19-29(20-18-28)24(31)23-9-5-6-10-23/h2-4,7-8,11,23H,5-6,9-10,12-20H2,1H3,(H,26,27). The molecule has 1 aromatic carbocycles. The van der Waals surface area contributed by atoms with Gasteiger partial charge in [0.05, 0.1) is 0 Å². The van der Waals surface area contributed by atoms with Crippen LogP contribution < -0.4 is 5.32 Å². The second kappa shape index (κ2) is 10.8. The number of nitrogens with zero attached hydrogens (tertiary/aromatic N) is 4. The van der Waals surface area contributed by atoms with Gasteiger partial charge in [-0.25, -0.2) is 0 Å². The molecular weight excluding hydrogens is 386 g/mol. The van der Waals surface area contributed by atoms with Crippen molar-refractivity contribution < 1.29 is 4.79 Å². The molecule has 4 rings (SSSR count). The molecule has 2 fully saturated rings. The SMILES string of the molecule is CN=C(NCCN1CCN(C(=O)C2CCCC2)CC1)N1CC=C(c2ccccc2)CC1. The summed E-state index contributed by atoms with van der Waals surface area (Å²) in [6, 6.07) is 10.7. The van der Waals surface area contributed by atoms with Gasteiger partial charge < -0.3 is 15.1 Å². The number of carbonyl (C=O) groups is 1. The van der Waals surface area contributed by atoms with E-state index in [-0.39, 0.29) is 0 Å². The van der Waals surface area contributed by atoms with Gasteiger partial charge in [0.2, 0.25) is 5.91 Å². The molecule has 6 nitrogen and oxygen atoms in total.